The van der Waals surface area contributed by atoms with Crippen LogP contribution in [-0.2, 0) is 6.42 Å². The highest BCUT2D eigenvalue weighted by atomic mass is 16.4. The first kappa shape index (κ1) is 14.3. The van der Waals surface area contributed by atoms with Gasteiger partial charge in [-0.3, -0.25) is 0 Å². The maximum absolute atomic E-state index is 12.1. The second-order valence-electron chi connectivity index (χ2n) is 5.46. The van der Waals surface area contributed by atoms with Gasteiger partial charge in [0.25, 0.3) is 6.01 Å². The van der Waals surface area contributed by atoms with E-state index in [0.717, 1.165) is 18.5 Å². The molecule has 0 atom stereocenters. The van der Waals surface area contributed by atoms with Crippen molar-refractivity contribution in [2.45, 2.75) is 13.3 Å². The number of fused-ring (bicyclic) bond motifs is 1. The van der Waals surface area contributed by atoms with E-state index in [1.807, 2.05) is 55.3 Å². The Labute approximate surface area is 129 Å². The van der Waals surface area contributed by atoms with Crippen LogP contribution in [0.25, 0.3) is 10.9 Å². The van der Waals surface area contributed by atoms with Crippen molar-refractivity contribution in [3.05, 3.63) is 70.1 Å². The zero-order chi connectivity index (χ0) is 15.5. The third-order valence-corrected chi connectivity index (χ3v) is 3.68. The first-order valence-electron chi connectivity index (χ1n) is 7.30. The van der Waals surface area contributed by atoms with Crippen molar-refractivity contribution in [1.29, 1.82) is 0 Å². The van der Waals surface area contributed by atoms with Crippen molar-refractivity contribution in [3.63, 3.8) is 0 Å². The number of hydrogen-bond donors (Lipinski definition) is 0. The smallest absolute Gasteiger partial charge is 0.348 e. The van der Waals surface area contributed by atoms with Crippen LogP contribution in [0.2, 0.25) is 0 Å². The first-order valence-corrected chi connectivity index (χ1v) is 7.30. The largest absolute Gasteiger partial charge is 0.389 e. The number of aromatic nitrogens is 1. The molecule has 22 heavy (non-hydrogen) atoms. The molecule has 0 unspecified atom stereocenters. The molecule has 0 aliphatic rings. The van der Waals surface area contributed by atoms with Crippen LogP contribution in [0.1, 0.15) is 11.1 Å². The van der Waals surface area contributed by atoms with Gasteiger partial charge in [0, 0.05) is 13.6 Å². The summed E-state index contributed by atoms with van der Waals surface area (Å²) in [5, 5.41) is 0.528. The van der Waals surface area contributed by atoms with Crippen molar-refractivity contribution >= 4 is 16.9 Å². The molecule has 0 fully saturated rings. The number of likely N-dealkylation sites (N-methyl/N-ethyl adjacent to an activating group) is 1. The van der Waals surface area contributed by atoms with Gasteiger partial charge in [-0.15, -0.1) is 0 Å². The van der Waals surface area contributed by atoms with Crippen LogP contribution in [0.15, 0.2) is 57.7 Å². The second-order valence-corrected chi connectivity index (χ2v) is 5.46. The summed E-state index contributed by atoms with van der Waals surface area (Å²) in [6.45, 7) is 2.68. The molecule has 0 aliphatic heterocycles. The van der Waals surface area contributed by atoms with Crippen LogP contribution in [0.5, 0.6) is 0 Å². The molecule has 0 bridgehead atoms. The fourth-order valence-corrected chi connectivity index (χ4v) is 2.38. The molecule has 4 nitrogen and oxygen atoms in total. The van der Waals surface area contributed by atoms with Gasteiger partial charge in [0.05, 0.1) is 10.9 Å². The van der Waals surface area contributed by atoms with Crippen LogP contribution >= 0.6 is 0 Å². The van der Waals surface area contributed by atoms with Crippen LogP contribution in [0.4, 0.5) is 6.01 Å². The molecule has 4 heteroatoms. The lowest BCUT2D eigenvalue weighted by Gasteiger charge is -2.16. The fourth-order valence-electron chi connectivity index (χ4n) is 2.38. The standard InChI is InChI=1S/C18H18N2O2/c1-13-8-9-16-15(12-13)17(21)22-18(19-16)20(2)11-10-14-6-4-3-5-7-14/h3-9,12H,10-11H2,1-2H3. The van der Waals surface area contributed by atoms with Crippen LogP contribution in [-0.4, -0.2) is 18.6 Å². The van der Waals surface area contributed by atoms with Crippen molar-refractivity contribution in [3.8, 4) is 0 Å². The van der Waals surface area contributed by atoms with Gasteiger partial charge in [-0.05, 0) is 31.0 Å². The number of benzene rings is 2. The third kappa shape index (κ3) is 3.01. The summed E-state index contributed by atoms with van der Waals surface area (Å²) in [7, 11) is 1.88. The Kier molecular flexibility index (Phi) is 3.92. The summed E-state index contributed by atoms with van der Waals surface area (Å²) in [4.78, 5) is 18.4. The van der Waals surface area contributed by atoms with Gasteiger partial charge in [-0.2, -0.15) is 4.98 Å². The maximum Gasteiger partial charge on any atom is 0.348 e. The molecule has 3 aromatic rings. The van der Waals surface area contributed by atoms with Gasteiger partial charge in [0.2, 0.25) is 0 Å². The van der Waals surface area contributed by atoms with Gasteiger partial charge in [0.1, 0.15) is 0 Å². The zero-order valence-electron chi connectivity index (χ0n) is 12.7. The van der Waals surface area contributed by atoms with E-state index in [9.17, 15) is 4.79 Å². The predicted octanol–water partition coefficient (Wildman–Crippen LogP) is 3.18. The normalized spacial score (nSPS) is 10.8. The molecule has 0 N–H and O–H groups in total. The summed E-state index contributed by atoms with van der Waals surface area (Å²) in [5.74, 6) is 0. The Hall–Kier alpha value is -2.62. The van der Waals surface area contributed by atoms with Crippen LogP contribution in [0.3, 0.4) is 0 Å². The summed E-state index contributed by atoms with van der Waals surface area (Å²) in [6.07, 6.45) is 0.870. The number of hydrogen-bond acceptors (Lipinski definition) is 4. The molecule has 0 saturated heterocycles. The lowest BCUT2D eigenvalue weighted by atomic mass is 10.1. The third-order valence-electron chi connectivity index (χ3n) is 3.68. The van der Waals surface area contributed by atoms with Crippen LogP contribution in [0, 0.1) is 6.92 Å². The molecule has 0 saturated carbocycles. The van der Waals surface area contributed by atoms with Crippen molar-refractivity contribution in [2.24, 2.45) is 0 Å². The van der Waals surface area contributed by atoms with Gasteiger partial charge in [-0.1, -0.05) is 42.0 Å². The first-order chi connectivity index (χ1) is 10.6. The van der Waals surface area contributed by atoms with Crippen molar-refractivity contribution in [2.75, 3.05) is 18.5 Å². The molecule has 0 spiro atoms. The van der Waals surface area contributed by atoms with Gasteiger partial charge in [-0.25, -0.2) is 4.79 Å². The molecule has 1 aromatic heterocycles. The summed E-state index contributed by atoms with van der Waals surface area (Å²) >= 11 is 0. The summed E-state index contributed by atoms with van der Waals surface area (Å²) in [5.41, 5.74) is 2.60. The Bertz CT molecular complexity index is 841. The second kappa shape index (κ2) is 6.02. The lowest BCUT2D eigenvalue weighted by Crippen LogP contribution is -2.23. The van der Waals surface area contributed by atoms with Crippen molar-refractivity contribution < 1.29 is 4.42 Å². The Balaban J connectivity index is 1.83. The average Bonchev–Trinajstić information content (AvgIpc) is 2.54. The van der Waals surface area contributed by atoms with E-state index in [-0.39, 0.29) is 5.63 Å². The Morgan fingerprint density at radius 1 is 1.14 bits per heavy atom. The number of nitrogens with zero attached hydrogens (tertiary/aromatic N) is 2. The summed E-state index contributed by atoms with van der Waals surface area (Å²) < 4.78 is 5.35. The molecule has 3 rings (SSSR count). The van der Waals surface area contributed by atoms with E-state index in [0.29, 0.717) is 16.9 Å². The van der Waals surface area contributed by atoms with Gasteiger partial charge < -0.3 is 9.32 Å². The Morgan fingerprint density at radius 3 is 2.68 bits per heavy atom. The van der Waals surface area contributed by atoms with E-state index in [1.165, 1.54) is 5.56 Å². The number of anilines is 1. The van der Waals surface area contributed by atoms with Crippen molar-refractivity contribution in [1.82, 2.24) is 4.98 Å². The number of rotatable bonds is 4. The monoisotopic (exact) mass is 294 g/mol. The highest BCUT2D eigenvalue weighted by Gasteiger charge is 2.10. The molecular formula is C18H18N2O2. The highest BCUT2D eigenvalue weighted by Crippen LogP contribution is 2.15. The average molecular weight is 294 g/mol. The lowest BCUT2D eigenvalue weighted by molar-refractivity contribution is 0.495. The van der Waals surface area contributed by atoms with E-state index >= 15 is 0 Å². The minimum Gasteiger partial charge on any atom is -0.389 e. The van der Waals surface area contributed by atoms with Gasteiger partial charge >= 0.3 is 5.63 Å². The van der Waals surface area contributed by atoms with E-state index < -0.39 is 0 Å². The van der Waals surface area contributed by atoms with Crippen LogP contribution < -0.4 is 10.5 Å². The molecule has 112 valence electrons. The maximum atomic E-state index is 12.1. The molecule has 1 heterocycles. The fraction of sp³-hybridized carbons (Fsp3) is 0.222. The van der Waals surface area contributed by atoms with Gasteiger partial charge in [0.15, 0.2) is 0 Å². The number of aryl methyl sites for hydroxylation is 1. The predicted molar refractivity (Wildman–Crippen MR) is 88.4 cm³/mol. The molecule has 0 radical (unpaired) electrons. The minimum absolute atomic E-state index is 0.338. The Morgan fingerprint density at radius 2 is 1.91 bits per heavy atom. The molecule has 0 aliphatic carbocycles. The van der Waals surface area contributed by atoms with E-state index in [4.69, 9.17) is 4.42 Å². The van der Waals surface area contributed by atoms with E-state index in [1.54, 1.807) is 0 Å². The molecule has 0 amide bonds. The molecule has 2 aromatic carbocycles. The topological polar surface area (TPSA) is 46.3 Å². The SMILES string of the molecule is Cc1ccc2nc(N(C)CCc3ccccc3)oc(=O)c2c1. The quantitative estimate of drug-likeness (QED) is 0.741. The molecular weight excluding hydrogens is 276 g/mol. The van der Waals surface area contributed by atoms with E-state index in [2.05, 4.69) is 17.1 Å². The highest BCUT2D eigenvalue weighted by molar-refractivity contribution is 5.78. The summed E-state index contributed by atoms with van der Waals surface area (Å²) in [6, 6.07) is 16.2. The minimum atomic E-state index is -0.338. The zero-order valence-corrected chi connectivity index (χ0v) is 12.7.